The summed E-state index contributed by atoms with van der Waals surface area (Å²) in [6, 6.07) is 0. The fourth-order valence-electron chi connectivity index (χ4n) is 5.03. The van der Waals surface area contributed by atoms with Gasteiger partial charge in [0.1, 0.15) is 0 Å². The fraction of sp³-hybridized carbons (Fsp3) is 0.857. The highest BCUT2D eigenvalue weighted by molar-refractivity contribution is 5.22. The summed E-state index contributed by atoms with van der Waals surface area (Å²) in [6.07, 6.45) is 8.64. The lowest BCUT2D eigenvalue weighted by Gasteiger charge is -2.37. The molecule has 1 spiro atoms. The molecule has 2 saturated carbocycles. The third-order valence-electron chi connectivity index (χ3n) is 5.76. The summed E-state index contributed by atoms with van der Waals surface area (Å²) >= 11 is 0. The Morgan fingerprint density at radius 2 is 2.20 bits per heavy atom. The van der Waals surface area contributed by atoms with Gasteiger partial charge in [0.15, 0.2) is 0 Å². The first kappa shape index (κ1) is 8.81. The van der Waals surface area contributed by atoms with Crippen molar-refractivity contribution >= 4 is 0 Å². The monoisotopic (exact) mass is 204 g/mol. The standard InChI is InChI=1S/C14H20O/c1-8-3-4-11-12(5-8)10-6-13(11)14(7-10)9(2)15-14/h3,9-13H,4-7H2,1-2H3/t9-,10+,11+,12-,13-,14-/m1/s1. The van der Waals surface area contributed by atoms with Crippen LogP contribution in [-0.4, -0.2) is 11.7 Å². The maximum Gasteiger partial charge on any atom is 0.0979 e. The van der Waals surface area contributed by atoms with Crippen LogP contribution in [0.4, 0.5) is 0 Å². The van der Waals surface area contributed by atoms with Crippen LogP contribution in [0.3, 0.4) is 0 Å². The lowest BCUT2D eigenvalue weighted by molar-refractivity contribution is 0.114. The SMILES string of the molecule is CC1=CC[C@H]2[C@H](C1)[C@H]1C[C@H]2[C@]2(C1)O[C@@H]2C. The maximum atomic E-state index is 5.95. The van der Waals surface area contributed by atoms with Crippen LogP contribution in [0.25, 0.3) is 0 Å². The van der Waals surface area contributed by atoms with E-state index in [9.17, 15) is 0 Å². The molecule has 0 radical (unpaired) electrons. The van der Waals surface area contributed by atoms with Crippen molar-refractivity contribution in [3.05, 3.63) is 11.6 Å². The molecule has 3 fully saturated rings. The molecule has 1 heteroatoms. The molecule has 0 aromatic heterocycles. The van der Waals surface area contributed by atoms with E-state index in [0.717, 1.165) is 23.7 Å². The highest BCUT2D eigenvalue weighted by Crippen LogP contribution is 2.68. The van der Waals surface area contributed by atoms with Crippen molar-refractivity contribution in [2.75, 3.05) is 0 Å². The van der Waals surface area contributed by atoms with E-state index in [2.05, 4.69) is 19.9 Å². The van der Waals surface area contributed by atoms with Crippen LogP contribution in [0, 0.1) is 23.7 Å². The molecule has 1 aliphatic heterocycles. The molecule has 82 valence electrons. The molecule has 0 N–H and O–H groups in total. The fourth-order valence-corrected chi connectivity index (χ4v) is 5.03. The van der Waals surface area contributed by atoms with Gasteiger partial charge >= 0.3 is 0 Å². The zero-order valence-corrected chi connectivity index (χ0v) is 9.70. The average molecular weight is 204 g/mol. The van der Waals surface area contributed by atoms with Crippen LogP contribution >= 0.6 is 0 Å². The summed E-state index contributed by atoms with van der Waals surface area (Å²) < 4.78 is 5.95. The first-order valence-electron chi connectivity index (χ1n) is 6.54. The topological polar surface area (TPSA) is 12.5 Å². The van der Waals surface area contributed by atoms with Crippen LogP contribution in [0.15, 0.2) is 11.6 Å². The highest BCUT2D eigenvalue weighted by atomic mass is 16.6. The van der Waals surface area contributed by atoms with E-state index in [1.807, 2.05) is 0 Å². The minimum atomic E-state index is 0.366. The number of fused-ring (bicyclic) bond motifs is 6. The molecule has 0 unspecified atom stereocenters. The van der Waals surface area contributed by atoms with Gasteiger partial charge < -0.3 is 4.74 Å². The zero-order valence-electron chi connectivity index (χ0n) is 9.70. The van der Waals surface area contributed by atoms with Gasteiger partial charge in [-0.25, -0.2) is 0 Å². The molecule has 0 aromatic carbocycles. The van der Waals surface area contributed by atoms with E-state index < -0.39 is 0 Å². The van der Waals surface area contributed by atoms with Crippen molar-refractivity contribution in [1.82, 2.24) is 0 Å². The van der Waals surface area contributed by atoms with Gasteiger partial charge in [-0.1, -0.05) is 11.6 Å². The van der Waals surface area contributed by atoms with Crippen LogP contribution < -0.4 is 0 Å². The van der Waals surface area contributed by atoms with Gasteiger partial charge in [0.05, 0.1) is 11.7 Å². The van der Waals surface area contributed by atoms with Crippen molar-refractivity contribution < 1.29 is 4.74 Å². The van der Waals surface area contributed by atoms with Gasteiger partial charge in [-0.05, 0) is 63.2 Å². The first-order chi connectivity index (χ1) is 7.21. The summed E-state index contributed by atoms with van der Waals surface area (Å²) in [6.45, 7) is 4.59. The van der Waals surface area contributed by atoms with Crippen LogP contribution in [0.1, 0.15) is 39.5 Å². The summed E-state index contributed by atoms with van der Waals surface area (Å²) in [4.78, 5) is 0. The van der Waals surface area contributed by atoms with E-state index in [-0.39, 0.29) is 0 Å². The zero-order chi connectivity index (χ0) is 10.2. The molecule has 0 aromatic rings. The lowest BCUT2D eigenvalue weighted by atomic mass is 9.67. The minimum Gasteiger partial charge on any atom is -0.366 e. The van der Waals surface area contributed by atoms with Gasteiger partial charge in [0.25, 0.3) is 0 Å². The summed E-state index contributed by atoms with van der Waals surface area (Å²) in [7, 11) is 0. The van der Waals surface area contributed by atoms with E-state index >= 15 is 0 Å². The van der Waals surface area contributed by atoms with E-state index in [0.29, 0.717) is 11.7 Å². The Hall–Kier alpha value is -0.300. The quantitative estimate of drug-likeness (QED) is 0.436. The second-order valence-corrected chi connectivity index (χ2v) is 6.34. The average Bonchev–Trinajstić information content (AvgIpc) is 2.61. The molecule has 3 aliphatic carbocycles. The third-order valence-corrected chi connectivity index (χ3v) is 5.76. The van der Waals surface area contributed by atoms with Crippen molar-refractivity contribution in [3.8, 4) is 0 Å². The van der Waals surface area contributed by atoms with Crippen molar-refractivity contribution in [2.45, 2.75) is 51.2 Å². The molecule has 4 rings (SSSR count). The van der Waals surface area contributed by atoms with E-state index in [4.69, 9.17) is 4.74 Å². The second-order valence-electron chi connectivity index (χ2n) is 6.34. The predicted octanol–water partition coefficient (Wildman–Crippen LogP) is 3.16. The largest absolute Gasteiger partial charge is 0.366 e. The van der Waals surface area contributed by atoms with Gasteiger partial charge in [-0.15, -0.1) is 0 Å². The summed E-state index contributed by atoms with van der Waals surface area (Å²) in [5.74, 6) is 3.89. The molecular weight excluding hydrogens is 184 g/mol. The molecule has 1 nitrogen and oxygen atoms in total. The molecule has 0 amide bonds. The molecule has 1 heterocycles. The van der Waals surface area contributed by atoms with E-state index in [1.165, 1.54) is 25.7 Å². The van der Waals surface area contributed by atoms with Crippen LogP contribution in [0.2, 0.25) is 0 Å². The van der Waals surface area contributed by atoms with Crippen molar-refractivity contribution in [1.29, 1.82) is 0 Å². The number of epoxide rings is 1. The maximum absolute atomic E-state index is 5.95. The predicted molar refractivity (Wildman–Crippen MR) is 59.5 cm³/mol. The van der Waals surface area contributed by atoms with Gasteiger partial charge in [0, 0.05) is 0 Å². The lowest BCUT2D eigenvalue weighted by Crippen LogP contribution is -2.36. The number of rotatable bonds is 0. The molecule has 4 aliphatic rings. The molecule has 15 heavy (non-hydrogen) atoms. The van der Waals surface area contributed by atoms with E-state index in [1.54, 1.807) is 5.57 Å². The Balaban J connectivity index is 1.67. The normalized spacial score (nSPS) is 60.7. The van der Waals surface area contributed by atoms with Crippen LogP contribution in [-0.2, 0) is 4.74 Å². The first-order valence-corrected chi connectivity index (χ1v) is 6.54. The Labute approximate surface area is 91.9 Å². The second kappa shape index (κ2) is 2.51. The Morgan fingerprint density at radius 3 is 2.93 bits per heavy atom. The number of hydrogen-bond donors (Lipinski definition) is 0. The summed E-state index contributed by atoms with van der Waals surface area (Å²) in [5.41, 5.74) is 2.01. The van der Waals surface area contributed by atoms with Gasteiger partial charge in [-0.2, -0.15) is 0 Å². The Kier molecular flexibility index (Phi) is 1.47. The smallest absolute Gasteiger partial charge is 0.0979 e. The van der Waals surface area contributed by atoms with Gasteiger partial charge in [-0.3, -0.25) is 0 Å². The van der Waals surface area contributed by atoms with Crippen LogP contribution in [0.5, 0.6) is 0 Å². The highest BCUT2D eigenvalue weighted by Gasteiger charge is 2.70. The number of allylic oxidation sites excluding steroid dienone is 2. The molecule has 1 saturated heterocycles. The molecule has 6 atom stereocenters. The Bertz CT molecular complexity index is 345. The molecular formula is C14H20O. The molecule has 2 bridgehead atoms. The number of ether oxygens (including phenoxy) is 1. The minimum absolute atomic E-state index is 0.366. The third kappa shape index (κ3) is 0.939. The van der Waals surface area contributed by atoms with Crippen molar-refractivity contribution in [3.63, 3.8) is 0 Å². The van der Waals surface area contributed by atoms with Crippen molar-refractivity contribution in [2.24, 2.45) is 23.7 Å². The van der Waals surface area contributed by atoms with Gasteiger partial charge in [0.2, 0.25) is 0 Å². The summed E-state index contributed by atoms with van der Waals surface area (Å²) in [5, 5.41) is 0. The Morgan fingerprint density at radius 1 is 1.40 bits per heavy atom. The number of hydrogen-bond acceptors (Lipinski definition) is 1.